The molecule has 1 aliphatic rings. The fourth-order valence-corrected chi connectivity index (χ4v) is 1.18. The molecule has 4 nitrogen and oxygen atoms in total. The molecule has 4 heteroatoms. The van der Waals surface area contributed by atoms with Gasteiger partial charge >= 0.3 is 0 Å². The Morgan fingerprint density at radius 3 is 2.77 bits per heavy atom. The minimum Gasteiger partial charge on any atom is -0.505 e. The number of allylic oxidation sites excluding steroid dienone is 2. The average Bonchev–Trinajstić information content (AvgIpc) is 2.11. The molecular weight excluding hydrogens is 170 g/mol. The first-order chi connectivity index (χ1) is 6.07. The summed E-state index contributed by atoms with van der Waals surface area (Å²) in [5.41, 5.74) is 0.364. The molecule has 1 aliphatic carbocycles. The van der Waals surface area contributed by atoms with Gasteiger partial charge in [0.2, 0.25) is 6.08 Å². The Labute approximate surface area is 75.3 Å². The molecule has 0 amide bonds. The predicted molar refractivity (Wildman–Crippen MR) is 45.7 cm³/mol. The number of aliphatic imine (C=N–C) groups is 1. The highest BCUT2D eigenvalue weighted by Gasteiger charge is 2.24. The van der Waals surface area contributed by atoms with E-state index in [9.17, 15) is 14.7 Å². The summed E-state index contributed by atoms with van der Waals surface area (Å²) < 4.78 is 0. The first-order valence-electron chi connectivity index (χ1n) is 3.82. The van der Waals surface area contributed by atoms with Crippen LogP contribution in [0.2, 0.25) is 0 Å². The average molecular weight is 179 g/mol. The molecule has 1 atom stereocenters. The summed E-state index contributed by atoms with van der Waals surface area (Å²) in [5, 5.41) is 9.37. The van der Waals surface area contributed by atoms with Crippen LogP contribution in [0.15, 0.2) is 28.1 Å². The van der Waals surface area contributed by atoms with E-state index in [-0.39, 0.29) is 28.7 Å². The normalized spacial score (nSPS) is 22.5. The van der Waals surface area contributed by atoms with E-state index in [4.69, 9.17) is 0 Å². The SMILES string of the molecule is CC1=C(O)C(N=C=O)=CC(C)C1=O. The zero-order valence-corrected chi connectivity index (χ0v) is 7.37. The van der Waals surface area contributed by atoms with E-state index in [0.29, 0.717) is 0 Å². The van der Waals surface area contributed by atoms with Crippen molar-refractivity contribution in [1.82, 2.24) is 0 Å². The van der Waals surface area contributed by atoms with Crippen molar-refractivity contribution in [3.05, 3.63) is 23.1 Å². The maximum absolute atomic E-state index is 11.3. The highest BCUT2D eigenvalue weighted by atomic mass is 16.3. The summed E-state index contributed by atoms with van der Waals surface area (Å²) in [5.74, 6) is -0.725. The molecule has 0 spiro atoms. The van der Waals surface area contributed by atoms with Gasteiger partial charge in [-0.05, 0) is 13.0 Å². The highest BCUT2D eigenvalue weighted by molar-refractivity contribution is 5.99. The third-order valence-corrected chi connectivity index (χ3v) is 1.95. The number of ketones is 1. The largest absolute Gasteiger partial charge is 0.505 e. The number of isocyanates is 1. The zero-order valence-electron chi connectivity index (χ0n) is 7.37. The molecule has 1 N–H and O–H groups in total. The maximum atomic E-state index is 11.3. The van der Waals surface area contributed by atoms with Crippen LogP contribution in [0.1, 0.15) is 13.8 Å². The molecule has 0 saturated carbocycles. The number of hydrogen-bond donors (Lipinski definition) is 1. The molecule has 68 valence electrons. The van der Waals surface area contributed by atoms with E-state index in [1.165, 1.54) is 19.1 Å². The Balaban J connectivity index is 3.20. The van der Waals surface area contributed by atoms with Gasteiger partial charge in [-0.3, -0.25) is 4.79 Å². The molecule has 0 radical (unpaired) electrons. The first-order valence-corrected chi connectivity index (χ1v) is 3.82. The number of aliphatic hydroxyl groups excluding tert-OH is 1. The van der Waals surface area contributed by atoms with Gasteiger partial charge < -0.3 is 5.11 Å². The van der Waals surface area contributed by atoms with Crippen LogP contribution >= 0.6 is 0 Å². The van der Waals surface area contributed by atoms with Crippen LogP contribution in [0.5, 0.6) is 0 Å². The van der Waals surface area contributed by atoms with Crippen molar-refractivity contribution in [3.8, 4) is 0 Å². The first kappa shape index (κ1) is 9.42. The summed E-state index contributed by atoms with van der Waals surface area (Å²) in [6.45, 7) is 3.18. The van der Waals surface area contributed by atoms with Crippen LogP contribution in [0, 0.1) is 5.92 Å². The van der Waals surface area contributed by atoms with Gasteiger partial charge in [0, 0.05) is 11.5 Å². The maximum Gasteiger partial charge on any atom is 0.240 e. The van der Waals surface area contributed by atoms with Gasteiger partial charge in [-0.15, -0.1) is 0 Å². The standard InChI is InChI=1S/C9H9NO3/c1-5-3-7(10-4-11)9(13)6(2)8(5)12/h3,5,13H,1-2H3. The second kappa shape index (κ2) is 3.37. The highest BCUT2D eigenvalue weighted by Crippen LogP contribution is 2.24. The number of hydrogen-bond acceptors (Lipinski definition) is 4. The molecule has 0 aromatic heterocycles. The zero-order chi connectivity index (χ0) is 10.0. The lowest BCUT2D eigenvalue weighted by molar-refractivity contribution is -0.117. The third-order valence-electron chi connectivity index (χ3n) is 1.95. The summed E-state index contributed by atoms with van der Waals surface area (Å²) in [6.07, 6.45) is 2.77. The fraction of sp³-hybridized carbons (Fsp3) is 0.333. The molecule has 0 heterocycles. The Bertz CT molecular complexity index is 359. The monoisotopic (exact) mass is 179 g/mol. The van der Waals surface area contributed by atoms with E-state index >= 15 is 0 Å². The molecule has 0 saturated heterocycles. The van der Waals surface area contributed by atoms with Crippen molar-refractivity contribution in [3.63, 3.8) is 0 Å². The summed E-state index contributed by atoms with van der Waals surface area (Å²) >= 11 is 0. The Kier molecular flexibility index (Phi) is 2.44. The molecular formula is C9H9NO3. The van der Waals surface area contributed by atoms with Crippen molar-refractivity contribution in [2.24, 2.45) is 10.9 Å². The van der Waals surface area contributed by atoms with Crippen molar-refractivity contribution >= 4 is 11.9 Å². The van der Waals surface area contributed by atoms with E-state index < -0.39 is 0 Å². The molecule has 0 bridgehead atoms. The minimum atomic E-state index is -0.344. The van der Waals surface area contributed by atoms with Crippen LogP contribution in [0.3, 0.4) is 0 Å². The van der Waals surface area contributed by atoms with Crippen molar-refractivity contribution in [2.75, 3.05) is 0 Å². The molecule has 0 aromatic carbocycles. The molecule has 0 aliphatic heterocycles. The molecule has 13 heavy (non-hydrogen) atoms. The molecule has 1 rings (SSSR count). The minimum absolute atomic E-state index is 0.125. The smallest absolute Gasteiger partial charge is 0.240 e. The molecule has 0 fully saturated rings. The van der Waals surface area contributed by atoms with Gasteiger partial charge in [-0.2, -0.15) is 4.99 Å². The number of rotatable bonds is 1. The van der Waals surface area contributed by atoms with Crippen molar-refractivity contribution < 1.29 is 14.7 Å². The van der Waals surface area contributed by atoms with Crippen LogP contribution in [0.25, 0.3) is 0 Å². The van der Waals surface area contributed by atoms with E-state index in [0.717, 1.165) is 0 Å². The fourth-order valence-electron chi connectivity index (χ4n) is 1.18. The number of carbonyl (C=O) groups is 1. The van der Waals surface area contributed by atoms with Crippen LogP contribution in [0.4, 0.5) is 0 Å². The summed E-state index contributed by atoms with van der Waals surface area (Å²) in [7, 11) is 0. The van der Waals surface area contributed by atoms with E-state index in [1.807, 2.05) is 0 Å². The van der Waals surface area contributed by atoms with Crippen molar-refractivity contribution in [2.45, 2.75) is 13.8 Å². The van der Waals surface area contributed by atoms with Gasteiger partial charge in [0.25, 0.3) is 0 Å². The van der Waals surface area contributed by atoms with E-state index in [1.54, 1.807) is 6.92 Å². The summed E-state index contributed by atoms with van der Waals surface area (Å²) in [6, 6.07) is 0. The van der Waals surface area contributed by atoms with Crippen molar-refractivity contribution in [1.29, 1.82) is 0 Å². The second-order valence-corrected chi connectivity index (χ2v) is 2.88. The van der Waals surface area contributed by atoms with Crippen LogP contribution < -0.4 is 0 Å². The molecule has 0 aromatic rings. The van der Waals surface area contributed by atoms with Gasteiger partial charge in [0.05, 0.1) is 0 Å². The number of nitrogens with zero attached hydrogens (tertiary/aromatic N) is 1. The number of carbonyl (C=O) groups excluding carboxylic acids is 2. The third kappa shape index (κ3) is 1.58. The number of Topliss-reactive ketones (excluding diaryl/α,β-unsaturated/α-hetero) is 1. The second-order valence-electron chi connectivity index (χ2n) is 2.88. The Morgan fingerprint density at radius 2 is 2.23 bits per heavy atom. The predicted octanol–water partition coefficient (Wildman–Crippen LogP) is 1.26. The van der Waals surface area contributed by atoms with Crippen LogP contribution in [-0.4, -0.2) is 17.0 Å². The van der Waals surface area contributed by atoms with Gasteiger partial charge in [-0.25, -0.2) is 4.79 Å². The molecule has 1 unspecified atom stereocenters. The van der Waals surface area contributed by atoms with E-state index in [2.05, 4.69) is 4.99 Å². The lowest BCUT2D eigenvalue weighted by Crippen LogP contribution is -2.17. The van der Waals surface area contributed by atoms with Crippen LogP contribution in [-0.2, 0) is 9.59 Å². The quantitative estimate of drug-likeness (QED) is 0.486. The Morgan fingerprint density at radius 1 is 1.62 bits per heavy atom. The Hall–Kier alpha value is -1.67. The lowest BCUT2D eigenvalue weighted by atomic mass is 9.92. The van der Waals surface area contributed by atoms with Gasteiger partial charge in [-0.1, -0.05) is 6.92 Å². The number of aliphatic hydroxyl groups is 1. The lowest BCUT2D eigenvalue weighted by Gasteiger charge is -2.14. The van der Waals surface area contributed by atoms with Gasteiger partial charge in [0.1, 0.15) is 11.5 Å². The van der Waals surface area contributed by atoms with Gasteiger partial charge in [0.15, 0.2) is 5.78 Å². The summed E-state index contributed by atoms with van der Waals surface area (Å²) in [4.78, 5) is 24.5. The topological polar surface area (TPSA) is 66.7 Å².